The molecule has 6 nitrogen and oxygen atoms in total. The summed E-state index contributed by atoms with van der Waals surface area (Å²) in [7, 11) is 0. The van der Waals surface area contributed by atoms with Gasteiger partial charge in [-0.15, -0.1) is 0 Å². The predicted octanol–water partition coefficient (Wildman–Crippen LogP) is 0.726. The number of hydrogen-bond donors (Lipinski definition) is 2. The third-order valence-corrected chi connectivity index (χ3v) is 3.20. The number of piperazine rings is 1. The molecule has 1 fully saturated rings. The van der Waals surface area contributed by atoms with Crippen molar-refractivity contribution in [2.45, 2.75) is 0 Å². The number of aromatic nitrogens is 3. The zero-order chi connectivity index (χ0) is 13.6. The number of benzene rings is 1. The van der Waals surface area contributed by atoms with Gasteiger partial charge in [0, 0.05) is 26.2 Å². The van der Waals surface area contributed by atoms with Crippen molar-refractivity contribution in [3.63, 3.8) is 0 Å². The summed E-state index contributed by atoms with van der Waals surface area (Å²) in [6.45, 7) is 3.88. The van der Waals surface area contributed by atoms with Gasteiger partial charge in [0.1, 0.15) is 12.7 Å². The highest BCUT2D eigenvalue weighted by Crippen LogP contribution is 2.20. The topological polar surface area (TPSA) is 66.0 Å². The minimum absolute atomic E-state index is 0.567. The Morgan fingerprint density at radius 2 is 1.75 bits per heavy atom. The van der Waals surface area contributed by atoms with Crippen LogP contribution in [0.3, 0.4) is 0 Å². The van der Waals surface area contributed by atoms with Crippen molar-refractivity contribution in [3.05, 3.63) is 54.7 Å². The van der Waals surface area contributed by atoms with Crippen LogP contribution in [0.1, 0.15) is 5.56 Å². The van der Waals surface area contributed by atoms with Gasteiger partial charge in [-0.2, -0.15) is 0 Å². The summed E-state index contributed by atoms with van der Waals surface area (Å²) in [6, 6.07) is 10.3. The first-order valence-corrected chi connectivity index (χ1v) is 6.70. The lowest BCUT2D eigenvalue weighted by Crippen LogP contribution is -2.47. The smallest absolute Gasteiger partial charge is 0.227 e. The molecule has 0 bridgehead atoms. The number of hydrogen-bond acceptors (Lipinski definition) is 6. The summed E-state index contributed by atoms with van der Waals surface area (Å²) in [5.41, 5.74) is 1.13. The van der Waals surface area contributed by atoms with E-state index in [1.807, 2.05) is 18.2 Å². The maximum atomic E-state index is 4.14. The molecule has 0 atom stereocenters. The quantitative estimate of drug-likeness (QED) is 0.853. The van der Waals surface area contributed by atoms with Crippen molar-refractivity contribution in [3.8, 4) is 0 Å². The third kappa shape index (κ3) is 3.09. The molecule has 0 spiro atoms. The van der Waals surface area contributed by atoms with Gasteiger partial charge in [0.2, 0.25) is 5.95 Å². The van der Waals surface area contributed by atoms with Gasteiger partial charge >= 0.3 is 0 Å². The predicted molar refractivity (Wildman–Crippen MR) is 76.7 cm³/mol. The molecule has 2 aromatic rings. The number of rotatable bonds is 4. The molecule has 20 heavy (non-hydrogen) atoms. The fourth-order valence-corrected chi connectivity index (χ4v) is 2.23. The minimum Gasteiger partial charge on any atom is -0.328 e. The summed E-state index contributed by atoms with van der Waals surface area (Å²) in [4.78, 5) is 14.4. The van der Waals surface area contributed by atoms with Gasteiger partial charge < -0.3 is 10.6 Å². The van der Waals surface area contributed by atoms with Crippen molar-refractivity contribution in [2.75, 3.05) is 31.5 Å². The number of nitrogens with one attached hydrogen (secondary N) is 2. The van der Waals surface area contributed by atoms with Crippen LogP contribution in [-0.4, -0.2) is 46.0 Å². The fraction of sp³-hybridized carbons (Fsp3) is 0.286. The first-order chi connectivity index (χ1) is 9.93. The van der Waals surface area contributed by atoms with E-state index in [4.69, 9.17) is 0 Å². The molecule has 1 aromatic heterocycles. The van der Waals surface area contributed by atoms with E-state index in [1.54, 1.807) is 0 Å². The second kappa shape index (κ2) is 6.40. The second-order valence-electron chi connectivity index (χ2n) is 4.54. The monoisotopic (exact) mass is 269 g/mol. The molecule has 0 saturated carbocycles. The standard InChI is InChI=1S/C14H17N6/c1-2-4-12(5-3-1)13(20-8-6-15-7-9-20)19-14-17-10-16-11-18-14/h1-5,10-11,15H,6-9H2,(H,16,17,18,19). The van der Waals surface area contributed by atoms with Gasteiger partial charge in [0.25, 0.3) is 0 Å². The molecule has 0 unspecified atom stereocenters. The van der Waals surface area contributed by atoms with Gasteiger partial charge in [-0.05, 0) is 5.56 Å². The van der Waals surface area contributed by atoms with Gasteiger partial charge in [0.15, 0.2) is 6.17 Å². The van der Waals surface area contributed by atoms with Gasteiger partial charge in [-0.1, -0.05) is 30.3 Å². The summed E-state index contributed by atoms with van der Waals surface area (Å²) in [6.07, 6.45) is 4.03. The third-order valence-electron chi connectivity index (χ3n) is 3.20. The van der Waals surface area contributed by atoms with Crippen LogP contribution in [0, 0.1) is 6.17 Å². The average Bonchev–Trinajstić information content (AvgIpc) is 2.55. The van der Waals surface area contributed by atoms with Gasteiger partial charge in [0.05, 0.1) is 0 Å². The van der Waals surface area contributed by atoms with Crippen molar-refractivity contribution < 1.29 is 0 Å². The maximum Gasteiger partial charge on any atom is 0.227 e. The zero-order valence-electron chi connectivity index (χ0n) is 11.2. The van der Waals surface area contributed by atoms with Crippen LogP contribution >= 0.6 is 0 Å². The normalized spacial score (nSPS) is 16.2. The zero-order valence-corrected chi connectivity index (χ0v) is 11.2. The Labute approximate surface area is 118 Å². The molecular formula is C14H17N6. The van der Waals surface area contributed by atoms with Crippen LogP contribution in [0.4, 0.5) is 5.95 Å². The summed E-state index contributed by atoms with van der Waals surface area (Å²) in [5.74, 6) is 0.567. The lowest BCUT2D eigenvalue weighted by Gasteiger charge is -2.34. The molecule has 1 aliphatic heterocycles. The van der Waals surface area contributed by atoms with E-state index in [2.05, 4.69) is 42.6 Å². The lowest BCUT2D eigenvalue weighted by atomic mass is 10.1. The molecule has 3 rings (SSSR count). The lowest BCUT2D eigenvalue weighted by molar-refractivity contribution is 0.268. The van der Waals surface area contributed by atoms with Gasteiger partial charge in [-0.25, -0.2) is 15.0 Å². The highest BCUT2D eigenvalue weighted by molar-refractivity contribution is 5.41. The highest BCUT2D eigenvalue weighted by Gasteiger charge is 2.24. The van der Waals surface area contributed by atoms with E-state index < -0.39 is 0 Å². The van der Waals surface area contributed by atoms with Crippen LogP contribution in [-0.2, 0) is 0 Å². The van der Waals surface area contributed by atoms with Crippen LogP contribution in [0.5, 0.6) is 0 Å². The van der Waals surface area contributed by atoms with E-state index in [0.29, 0.717) is 5.95 Å². The van der Waals surface area contributed by atoms with Crippen molar-refractivity contribution in [1.82, 2.24) is 25.2 Å². The van der Waals surface area contributed by atoms with Crippen LogP contribution in [0.25, 0.3) is 0 Å². The molecule has 2 N–H and O–H groups in total. The van der Waals surface area contributed by atoms with E-state index >= 15 is 0 Å². The molecule has 0 aliphatic carbocycles. The van der Waals surface area contributed by atoms with Crippen LogP contribution < -0.4 is 10.6 Å². The molecule has 2 heterocycles. The molecule has 103 valence electrons. The van der Waals surface area contributed by atoms with E-state index in [1.165, 1.54) is 12.7 Å². The fourth-order valence-electron chi connectivity index (χ4n) is 2.23. The van der Waals surface area contributed by atoms with Crippen molar-refractivity contribution in [2.24, 2.45) is 0 Å². The Kier molecular flexibility index (Phi) is 4.15. The Morgan fingerprint density at radius 1 is 1.05 bits per heavy atom. The van der Waals surface area contributed by atoms with Gasteiger partial charge in [-0.3, -0.25) is 4.90 Å². The molecule has 1 saturated heterocycles. The first kappa shape index (κ1) is 13.0. The summed E-state index contributed by atoms with van der Waals surface area (Å²) < 4.78 is 0. The number of anilines is 1. The second-order valence-corrected chi connectivity index (χ2v) is 4.54. The Bertz CT molecular complexity index is 512. The van der Waals surface area contributed by atoms with Crippen molar-refractivity contribution >= 4 is 5.95 Å². The van der Waals surface area contributed by atoms with E-state index in [9.17, 15) is 0 Å². The molecular weight excluding hydrogens is 252 g/mol. The Balaban J connectivity index is 1.83. The molecule has 1 aromatic carbocycles. The minimum atomic E-state index is 0.567. The number of nitrogens with zero attached hydrogens (tertiary/aromatic N) is 4. The largest absolute Gasteiger partial charge is 0.328 e. The molecule has 6 heteroatoms. The van der Waals surface area contributed by atoms with Crippen molar-refractivity contribution in [1.29, 1.82) is 0 Å². The van der Waals surface area contributed by atoms with Crippen LogP contribution in [0.15, 0.2) is 43.0 Å². The van der Waals surface area contributed by atoms with Crippen LogP contribution in [0.2, 0.25) is 0 Å². The maximum absolute atomic E-state index is 4.14. The Morgan fingerprint density at radius 3 is 2.45 bits per heavy atom. The van der Waals surface area contributed by atoms with E-state index in [0.717, 1.165) is 37.9 Å². The molecule has 1 aliphatic rings. The first-order valence-electron chi connectivity index (χ1n) is 6.70. The summed E-state index contributed by atoms with van der Waals surface area (Å²) in [5, 5.41) is 6.68. The molecule has 1 radical (unpaired) electrons. The SMILES string of the molecule is c1ccc([C](Nc2ncncn2)N2CCNCC2)cc1. The van der Waals surface area contributed by atoms with E-state index in [-0.39, 0.29) is 0 Å². The highest BCUT2D eigenvalue weighted by atomic mass is 15.3. The average molecular weight is 269 g/mol. The Hall–Kier alpha value is -2.05. The summed E-state index contributed by atoms with van der Waals surface area (Å²) >= 11 is 0. The molecule has 0 amide bonds.